The lowest BCUT2D eigenvalue weighted by molar-refractivity contribution is 0.151. The number of piperazine rings is 1. The van der Waals surface area contributed by atoms with Crippen LogP contribution >= 0.6 is 11.6 Å². The lowest BCUT2D eigenvalue weighted by atomic mass is 10.3. The molecule has 1 aromatic carbocycles. The Bertz CT molecular complexity index is 771. The highest BCUT2D eigenvalue weighted by Crippen LogP contribution is 2.28. The molecule has 0 unspecified atom stereocenters. The van der Waals surface area contributed by atoms with Gasteiger partial charge in [-0.15, -0.1) is 0 Å². The van der Waals surface area contributed by atoms with Crippen LogP contribution in [0.1, 0.15) is 0 Å². The average Bonchev–Trinajstić information content (AvgIpc) is 2.98. The van der Waals surface area contributed by atoms with Gasteiger partial charge in [0.15, 0.2) is 11.0 Å². The first-order chi connectivity index (χ1) is 10.5. The van der Waals surface area contributed by atoms with Gasteiger partial charge in [-0.25, -0.2) is 13.0 Å². The highest BCUT2D eigenvalue weighted by Gasteiger charge is 2.31. The molecule has 0 saturated carbocycles. The zero-order chi connectivity index (χ0) is 15.7. The van der Waals surface area contributed by atoms with Gasteiger partial charge in [0.05, 0.1) is 11.6 Å². The Morgan fingerprint density at radius 1 is 1.18 bits per heavy atom. The number of aliphatic hydroxyl groups is 1. The summed E-state index contributed by atoms with van der Waals surface area (Å²) < 4.78 is 31.6. The van der Waals surface area contributed by atoms with Crippen LogP contribution in [0.25, 0.3) is 11.0 Å². The highest BCUT2D eigenvalue weighted by molar-refractivity contribution is 7.89. The van der Waals surface area contributed by atoms with Crippen LogP contribution in [0.3, 0.4) is 0 Å². The molecule has 0 aliphatic carbocycles. The minimum Gasteiger partial charge on any atom is -0.395 e. The lowest BCUT2D eigenvalue weighted by Gasteiger charge is -2.33. The number of halogens is 1. The van der Waals surface area contributed by atoms with E-state index in [0.29, 0.717) is 37.7 Å². The number of aliphatic hydroxyl groups excluding tert-OH is 1. The molecule has 120 valence electrons. The Labute approximate surface area is 132 Å². The van der Waals surface area contributed by atoms with Gasteiger partial charge in [-0.3, -0.25) is 4.90 Å². The Morgan fingerprint density at radius 3 is 2.55 bits per heavy atom. The number of rotatable bonds is 4. The summed E-state index contributed by atoms with van der Waals surface area (Å²) >= 11 is 5.96. The second-order valence-electron chi connectivity index (χ2n) is 4.98. The van der Waals surface area contributed by atoms with Crippen molar-refractivity contribution in [1.29, 1.82) is 0 Å². The first-order valence-electron chi connectivity index (χ1n) is 6.78. The minimum absolute atomic E-state index is 0.0451. The van der Waals surface area contributed by atoms with Gasteiger partial charge < -0.3 is 5.11 Å². The third-order valence-electron chi connectivity index (χ3n) is 3.69. The van der Waals surface area contributed by atoms with Crippen LogP contribution in [0.4, 0.5) is 0 Å². The molecule has 8 nitrogen and oxygen atoms in total. The number of nitrogens with zero attached hydrogens (tertiary/aromatic N) is 4. The maximum Gasteiger partial charge on any atom is 0.245 e. The van der Waals surface area contributed by atoms with E-state index in [1.807, 2.05) is 4.90 Å². The number of hydrogen-bond acceptors (Lipinski definition) is 7. The molecule has 10 heteroatoms. The van der Waals surface area contributed by atoms with E-state index in [2.05, 4.69) is 14.9 Å². The fraction of sp³-hybridized carbons (Fsp3) is 0.500. The van der Waals surface area contributed by atoms with E-state index in [1.165, 1.54) is 16.4 Å². The summed E-state index contributed by atoms with van der Waals surface area (Å²) in [5.41, 5.74) is 0.381. The van der Waals surface area contributed by atoms with Crippen molar-refractivity contribution in [2.45, 2.75) is 4.90 Å². The Morgan fingerprint density at radius 2 is 1.86 bits per heavy atom. The van der Waals surface area contributed by atoms with Crippen molar-refractivity contribution in [3.05, 3.63) is 17.2 Å². The van der Waals surface area contributed by atoms with Crippen molar-refractivity contribution < 1.29 is 18.2 Å². The zero-order valence-corrected chi connectivity index (χ0v) is 13.2. The smallest absolute Gasteiger partial charge is 0.245 e. The number of sulfonamides is 1. The predicted molar refractivity (Wildman–Crippen MR) is 79.1 cm³/mol. The Kier molecular flexibility index (Phi) is 4.33. The third kappa shape index (κ3) is 2.70. The molecule has 0 atom stereocenters. The zero-order valence-electron chi connectivity index (χ0n) is 11.6. The quantitative estimate of drug-likeness (QED) is 0.842. The molecule has 0 radical (unpaired) electrons. The molecule has 1 aromatic heterocycles. The summed E-state index contributed by atoms with van der Waals surface area (Å²) in [5, 5.41) is 16.5. The number of fused-ring (bicyclic) bond motifs is 1. The van der Waals surface area contributed by atoms with E-state index in [9.17, 15) is 8.42 Å². The normalized spacial score (nSPS) is 18.1. The Balaban J connectivity index is 1.90. The van der Waals surface area contributed by atoms with Crippen LogP contribution in [0.2, 0.25) is 5.02 Å². The van der Waals surface area contributed by atoms with Crippen LogP contribution in [-0.2, 0) is 10.0 Å². The lowest BCUT2D eigenvalue weighted by Crippen LogP contribution is -2.49. The molecule has 0 spiro atoms. The molecule has 2 heterocycles. The second-order valence-corrected chi connectivity index (χ2v) is 7.29. The van der Waals surface area contributed by atoms with Crippen LogP contribution in [-0.4, -0.2) is 72.4 Å². The molecular weight excluding hydrogens is 332 g/mol. The molecule has 1 aliphatic rings. The summed E-state index contributed by atoms with van der Waals surface area (Å²) in [5.74, 6) is 0. The number of benzene rings is 1. The maximum atomic E-state index is 12.8. The molecule has 1 N–H and O–H groups in total. The van der Waals surface area contributed by atoms with E-state index in [0.717, 1.165) is 0 Å². The van der Waals surface area contributed by atoms with Crippen molar-refractivity contribution in [3.63, 3.8) is 0 Å². The number of β-amino-alcohol motifs (C(OH)–C–C–N with tert-alkyl or cyclic N) is 1. The molecule has 0 amide bonds. The van der Waals surface area contributed by atoms with Gasteiger partial charge in [0, 0.05) is 32.7 Å². The van der Waals surface area contributed by atoms with E-state index >= 15 is 0 Å². The molecule has 22 heavy (non-hydrogen) atoms. The predicted octanol–water partition coefficient (Wildman–Crippen LogP) is 0.175. The van der Waals surface area contributed by atoms with Gasteiger partial charge in [0.25, 0.3) is 0 Å². The maximum absolute atomic E-state index is 12.8. The summed E-state index contributed by atoms with van der Waals surface area (Å²) in [6.07, 6.45) is 0. The molecular formula is C12H15ClN4O4S. The molecule has 0 bridgehead atoms. The first-order valence-corrected chi connectivity index (χ1v) is 8.60. The summed E-state index contributed by atoms with van der Waals surface area (Å²) in [6.45, 7) is 2.48. The molecule has 1 fully saturated rings. The van der Waals surface area contributed by atoms with Gasteiger partial charge in [0.1, 0.15) is 4.90 Å². The van der Waals surface area contributed by atoms with Crippen molar-refractivity contribution in [2.24, 2.45) is 0 Å². The number of aromatic nitrogens is 2. The van der Waals surface area contributed by atoms with Crippen LogP contribution in [0.15, 0.2) is 21.7 Å². The topological polar surface area (TPSA) is 99.8 Å². The van der Waals surface area contributed by atoms with Crippen molar-refractivity contribution in [1.82, 2.24) is 19.5 Å². The Hall–Kier alpha value is -1.26. The summed E-state index contributed by atoms with van der Waals surface area (Å²) in [4.78, 5) is 2.06. The highest BCUT2D eigenvalue weighted by atomic mass is 35.5. The van der Waals surface area contributed by atoms with E-state index < -0.39 is 10.0 Å². The van der Waals surface area contributed by atoms with Gasteiger partial charge in [-0.1, -0.05) is 11.6 Å². The van der Waals surface area contributed by atoms with E-state index in [1.54, 1.807) is 0 Å². The summed E-state index contributed by atoms with van der Waals surface area (Å²) in [6, 6.07) is 2.90. The fourth-order valence-corrected chi connectivity index (χ4v) is 4.22. The van der Waals surface area contributed by atoms with Crippen molar-refractivity contribution in [3.8, 4) is 0 Å². The largest absolute Gasteiger partial charge is 0.395 e. The minimum atomic E-state index is -3.69. The third-order valence-corrected chi connectivity index (χ3v) is 5.93. The standard InChI is InChI=1S/C12H15ClN4O4S/c13-9-1-2-10(12-11(9)14-21-15-12)22(19,20)17-5-3-16(4-6-17)7-8-18/h1-2,18H,3-8H2. The molecule has 1 saturated heterocycles. The van der Waals surface area contributed by atoms with Gasteiger partial charge >= 0.3 is 0 Å². The first kappa shape index (κ1) is 15.6. The van der Waals surface area contributed by atoms with Crippen molar-refractivity contribution >= 4 is 32.7 Å². The molecule has 3 rings (SSSR count). The molecule has 2 aromatic rings. The van der Waals surface area contributed by atoms with E-state index in [4.69, 9.17) is 16.7 Å². The summed E-state index contributed by atoms with van der Waals surface area (Å²) in [7, 11) is -3.69. The average molecular weight is 347 g/mol. The van der Waals surface area contributed by atoms with E-state index in [-0.39, 0.29) is 22.5 Å². The van der Waals surface area contributed by atoms with Gasteiger partial charge in [-0.2, -0.15) is 4.31 Å². The second kappa shape index (κ2) is 6.09. The van der Waals surface area contributed by atoms with Crippen molar-refractivity contribution in [2.75, 3.05) is 39.3 Å². The van der Waals surface area contributed by atoms with Gasteiger partial charge in [0.2, 0.25) is 10.0 Å². The molecule has 1 aliphatic heterocycles. The monoisotopic (exact) mass is 346 g/mol. The van der Waals surface area contributed by atoms with Gasteiger partial charge in [-0.05, 0) is 22.4 Å². The number of hydrogen-bond donors (Lipinski definition) is 1. The van der Waals surface area contributed by atoms with Crippen LogP contribution < -0.4 is 0 Å². The van der Waals surface area contributed by atoms with Crippen LogP contribution in [0, 0.1) is 0 Å². The van der Waals surface area contributed by atoms with Crippen LogP contribution in [0.5, 0.6) is 0 Å². The fourth-order valence-electron chi connectivity index (χ4n) is 2.50. The SMILES string of the molecule is O=S(=O)(c1ccc(Cl)c2nonc12)N1CCN(CCO)CC1.